The lowest BCUT2D eigenvalue weighted by Gasteiger charge is -2.00. The molecule has 0 bridgehead atoms. The summed E-state index contributed by atoms with van der Waals surface area (Å²) in [5.74, 6) is 1.38. The molecule has 0 aliphatic heterocycles. The van der Waals surface area contributed by atoms with Crippen molar-refractivity contribution in [2.45, 2.75) is 13.5 Å². The first kappa shape index (κ1) is 13.6. The van der Waals surface area contributed by atoms with Crippen LogP contribution in [0.5, 0.6) is 0 Å². The van der Waals surface area contributed by atoms with Crippen LogP contribution in [-0.4, -0.2) is 11.5 Å². The number of halogens is 1. The predicted molar refractivity (Wildman–Crippen MR) is 73.2 cm³/mol. The van der Waals surface area contributed by atoms with Gasteiger partial charge in [-0.15, -0.1) is 0 Å². The van der Waals surface area contributed by atoms with Gasteiger partial charge in [-0.2, -0.15) is 0 Å². The normalized spacial score (nSPS) is 10.6. The molecule has 0 radical (unpaired) electrons. The molecule has 1 heterocycles. The summed E-state index contributed by atoms with van der Waals surface area (Å²) in [6.45, 7) is 3.49. The first-order valence-electron chi connectivity index (χ1n) is 5.85. The molecule has 0 unspecified atom stereocenters. The number of nitro groups is 1. The van der Waals surface area contributed by atoms with E-state index in [0.717, 1.165) is 12.3 Å². The second kappa shape index (κ2) is 5.86. The zero-order valence-corrected chi connectivity index (χ0v) is 11.1. The number of hydrogen-bond acceptors (Lipinski definition) is 4. The SMILES string of the molecule is CCNCc1ccc(-c2ccc(Cl)c([N+](=O)[O-])c2)o1. The third kappa shape index (κ3) is 3.13. The molecule has 0 saturated heterocycles. The molecule has 19 heavy (non-hydrogen) atoms. The van der Waals surface area contributed by atoms with Crippen LogP contribution in [0.2, 0.25) is 5.02 Å². The number of benzene rings is 1. The second-order valence-electron chi connectivity index (χ2n) is 3.97. The van der Waals surface area contributed by atoms with Crippen molar-refractivity contribution in [3.8, 4) is 11.3 Å². The maximum atomic E-state index is 10.8. The fourth-order valence-electron chi connectivity index (χ4n) is 1.68. The zero-order valence-electron chi connectivity index (χ0n) is 10.4. The first-order chi connectivity index (χ1) is 9.11. The lowest BCUT2D eigenvalue weighted by atomic mass is 10.1. The van der Waals surface area contributed by atoms with Crippen LogP contribution in [0.15, 0.2) is 34.7 Å². The number of hydrogen-bond donors (Lipinski definition) is 1. The standard InChI is InChI=1S/C13H13ClN2O3/c1-2-15-8-10-4-6-13(19-10)9-3-5-11(14)12(7-9)16(17)18/h3-7,15H,2,8H2,1H3. The van der Waals surface area contributed by atoms with Crippen molar-refractivity contribution in [1.29, 1.82) is 0 Å². The molecule has 2 aromatic rings. The van der Waals surface area contributed by atoms with Crippen LogP contribution in [0.4, 0.5) is 5.69 Å². The highest BCUT2D eigenvalue weighted by molar-refractivity contribution is 6.32. The molecular weight excluding hydrogens is 268 g/mol. The van der Waals surface area contributed by atoms with Gasteiger partial charge >= 0.3 is 0 Å². The van der Waals surface area contributed by atoms with Crippen molar-refractivity contribution in [2.75, 3.05) is 6.54 Å². The smallest absolute Gasteiger partial charge is 0.288 e. The molecule has 0 spiro atoms. The van der Waals surface area contributed by atoms with Crippen molar-refractivity contribution in [2.24, 2.45) is 0 Å². The highest BCUT2D eigenvalue weighted by atomic mass is 35.5. The fourth-order valence-corrected chi connectivity index (χ4v) is 1.87. The van der Waals surface area contributed by atoms with Crippen molar-refractivity contribution in [3.63, 3.8) is 0 Å². The van der Waals surface area contributed by atoms with E-state index in [9.17, 15) is 10.1 Å². The Morgan fingerprint density at radius 2 is 2.16 bits per heavy atom. The average molecular weight is 281 g/mol. The lowest BCUT2D eigenvalue weighted by Crippen LogP contribution is -2.10. The molecule has 1 N–H and O–H groups in total. The Kier molecular flexibility index (Phi) is 4.19. The van der Waals surface area contributed by atoms with Crippen LogP contribution in [0.3, 0.4) is 0 Å². The van der Waals surface area contributed by atoms with Gasteiger partial charge in [-0.25, -0.2) is 0 Å². The number of nitrogens with zero attached hydrogens (tertiary/aromatic N) is 1. The van der Waals surface area contributed by atoms with E-state index in [1.54, 1.807) is 12.1 Å². The summed E-state index contributed by atoms with van der Waals surface area (Å²) in [5, 5.41) is 14.1. The van der Waals surface area contributed by atoms with E-state index >= 15 is 0 Å². The molecule has 0 aliphatic carbocycles. The Bertz CT molecular complexity index is 595. The monoisotopic (exact) mass is 280 g/mol. The van der Waals surface area contributed by atoms with E-state index in [2.05, 4.69) is 5.32 Å². The maximum absolute atomic E-state index is 10.8. The Morgan fingerprint density at radius 1 is 1.37 bits per heavy atom. The van der Waals surface area contributed by atoms with E-state index in [1.165, 1.54) is 12.1 Å². The minimum atomic E-state index is -0.506. The van der Waals surface area contributed by atoms with Gasteiger partial charge < -0.3 is 9.73 Å². The topological polar surface area (TPSA) is 68.3 Å². The molecule has 0 amide bonds. The molecule has 5 nitrogen and oxygen atoms in total. The molecule has 0 aliphatic rings. The maximum Gasteiger partial charge on any atom is 0.288 e. The third-order valence-electron chi connectivity index (χ3n) is 2.64. The highest BCUT2D eigenvalue weighted by Gasteiger charge is 2.15. The lowest BCUT2D eigenvalue weighted by molar-refractivity contribution is -0.384. The van der Waals surface area contributed by atoms with Gasteiger partial charge in [0.15, 0.2) is 0 Å². The quantitative estimate of drug-likeness (QED) is 0.671. The molecule has 0 saturated carbocycles. The van der Waals surface area contributed by atoms with Crippen molar-refractivity contribution >= 4 is 17.3 Å². The van der Waals surface area contributed by atoms with Gasteiger partial charge in [0.25, 0.3) is 5.69 Å². The highest BCUT2D eigenvalue weighted by Crippen LogP contribution is 2.31. The Balaban J connectivity index is 2.29. The number of nitrogens with one attached hydrogen (secondary N) is 1. The van der Waals surface area contributed by atoms with Gasteiger partial charge in [0, 0.05) is 11.6 Å². The Morgan fingerprint density at radius 3 is 2.84 bits per heavy atom. The summed E-state index contributed by atoms with van der Waals surface area (Å²) in [5.41, 5.74) is 0.516. The summed E-state index contributed by atoms with van der Waals surface area (Å²) in [6, 6.07) is 8.25. The summed E-state index contributed by atoms with van der Waals surface area (Å²) in [6.07, 6.45) is 0. The number of nitro benzene ring substituents is 1. The van der Waals surface area contributed by atoms with Crippen LogP contribution in [-0.2, 0) is 6.54 Å². The predicted octanol–water partition coefficient (Wildman–Crippen LogP) is 3.62. The zero-order chi connectivity index (χ0) is 13.8. The van der Waals surface area contributed by atoms with Crippen molar-refractivity contribution < 1.29 is 9.34 Å². The van der Waals surface area contributed by atoms with Gasteiger partial charge in [0.05, 0.1) is 11.5 Å². The molecule has 6 heteroatoms. The van der Waals surface area contributed by atoms with Gasteiger partial charge in [0.1, 0.15) is 16.5 Å². The minimum absolute atomic E-state index is 0.119. The van der Waals surface area contributed by atoms with E-state index in [4.69, 9.17) is 16.0 Å². The van der Waals surface area contributed by atoms with Crippen LogP contribution in [0.25, 0.3) is 11.3 Å². The number of rotatable bonds is 5. The third-order valence-corrected chi connectivity index (χ3v) is 2.96. The summed E-state index contributed by atoms with van der Waals surface area (Å²) in [7, 11) is 0. The van der Waals surface area contributed by atoms with Gasteiger partial charge in [-0.3, -0.25) is 10.1 Å². The summed E-state index contributed by atoms with van der Waals surface area (Å²) in [4.78, 5) is 10.3. The van der Waals surface area contributed by atoms with E-state index in [1.807, 2.05) is 13.0 Å². The molecule has 1 aromatic carbocycles. The molecule has 1 aromatic heterocycles. The van der Waals surface area contributed by atoms with Gasteiger partial charge in [-0.1, -0.05) is 18.5 Å². The minimum Gasteiger partial charge on any atom is -0.460 e. The molecular formula is C13H13ClN2O3. The van der Waals surface area contributed by atoms with Crippen molar-refractivity contribution in [3.05, 3.63) is 51.2 Å². The van der Waals surface area contributed by atoms with E-state index < -0.39 is 4.92 Å². The number of furan rings is 1. The Labute approximate surface area is 115 Å². The second-order valence-corrected chi connectivity index (χ2v) is 4.38. The molecule has 100 valence electrons. The van der Waals surface area contributed by atoms with Gasteiger partial charge in [-0.05, 0) is 30.8 Å². The van der Waals surface area contributed by atoms with Crippen LogP contribution in [0, 0.1) is 10.1 Å². The van der Waals surface area contributed by atoms with Gasteiger partial charge in [0.2, 0.25) is 0 Å². The molecule has 0 fully saturated rings. The average Bonchev–Trinajstić information content (AvgIpc) is 2.85. The summed E-state index contributed by atoms with van der Waals surface area (Å²) >= 11 is 5.77. The van der Waals surface area contributed by atoms with Crippen LogP contribution >= 0.6 is 11.6 Å². The Hall–Kier alpha value is -1.85. The summed E-state index contributed by atoms with van der Waals surface area (Å²) < 4.78 is 5.62. The largest absolute Gasteiger partial charge is 0.460 e. The fraction of sp³-hybridized carbons (Fsp3) is 0.231. The van der Waals surface area contributed by atoms with E-state index in [0.29, 0.717) is 17.9 Å². The van der Waals surface area contributed by atoms with Crippen LogP contribution < -0.4 is 5.32 Å². The molecule has 2 rings (SSSR count). The van der Waals surface area contributed by atoms with Crippen molar-refractivity contribution in [1.82, 2.24) is 5.32 Å². The first-order valence-corrected chi connectivity index (χ1v) is 6.23. The van der Waals surface area contributed by atoms with Crippen LogP contribution in [0.1, 0.15) is 12.7 Å². The van der Waals surface area contributed by atoms with E-state index in [-0.39, 0.29) is 10.7 Å². The molecule has 0 atom stereocenters.